The summed E-state index contributed by atoms with van der Waals surface area (Å²) in [5, 5.41) is 20.3. The van der Waals surface area contributed by atoms with E-state index in [4.69, 9.17) is 0 Å². The van der Waals surface area contributed by atoms with Crippen molar-refractivity contribution in [3.8, 4) is 11.1 Å². The maximum Gasteiger partial charge on any atom is 0.333 e. The first-order valence-corrected chi connectivity index (χ1v) is 14.8. The number of carboxylic acids is 2. The molecule has 2 N–H and O–H groups in total. The number of benzene rings is 5. The smallest absolute Gasteiger partial charge is 0.333 e. The first-order chi connectivity index (χ1) is 20.0. The summed E-state index contributed by atoms with van der Waals surface area (Å²) in [5.41, 5.74) is 5.44. The lowest BCUT2D eigenvalue weighted by Crippen LogP contribution is -2.34. The molecular weight excluding hydrogens is 528 g/mol. The summed E-state index contributed by atoms with van der Waals surface area (Å²) in [7, 11) is -0.781. The minimum absolute atomic E-state index is 0.0280. The maximum absolute atomic E-state index is 12.5. The van der Waals surface area contributed by atoms with Crippen LogP contribution in [0, 0.1) is 0 Å². The van der Waals surface area contributed by atoms with Crippen LogP contribution >= 0.6 is 10.9 Å². The fourth-order valence-electron chi connectivity index (χ4n) is 6.48. The fraction of sp³-hybridized carbons (Fsp3) is 0.0556. The molecular formula is C36H26O4S. The Bertz CT molecular complexity index is 1820. The Kier molecular flexibility index (Phi) is 6.10. The van der Waals surface area contributed by atoms with E-state index in [0.29, 0.717) is 0 Å². The molecule has 5 aromatic rings. The second-order valence-corrected chi connectivity index (χ2v) is 12.6. The van der Waals surface area contributed by atoms with Gasteiger partial charge in [-0.1, -0.05) is 84.9 Å². The van der Waals surface area contributed by atoms with E-state index in [1.807, 2.05) is 48.5 Å². The molecule has 8 rings (SSSR count). The Hall–Kier alpha value is -4.87. The van der Waals surface area contributed by atoms with Crippen LogP contribution in [-0.4, -0.2) is 22.2 Å². The lowest BCUT2D eigenvalue weighted by molar-refractivity contribution is -0.136. The number of thiol groups is 1. The second-order valence-electron chi connectivity index (χ2n) is 10.3. The number of hydrogen-bond acceptors (Lipinski definition) is 2. The zero-order valence-corrected chi connectivity index (χ0v) is 22.8. The summed E-state index contributed by atoms with van der Waals surface area (Å²) in [6.45, 7) is 0. The Balaban J connectivity index is 1.37. The van der Waals surface area contributed by atoms with Gasteiger partial charge in [0.05, 0.1) is 11.1 Å². The average Bonchev–Trinajstić information content (AvgIpc) is 3.01. The van der Waals surface area contributed by atoms with Crippen molar-refractivity contribution in [1.29, 1.82) is 0 Å². The van der Waals surface area contributed by atoms with Crippen LogP contribution in [0.15, 0.2) is 153 Å². The summed E-state index contributed by atoms with van der Waals surface area (Å²) in [5.74, 6) is -3.60. The number of carboxylic acid groups (broad SMARTS) is 2. The highest BCUT2D eigenvalue weighted by Gasteiger charge is 2.47. The molecule has 0 aromatic heterocycles. The number of carbonyl (C=O) groups is 2. The monoisotopic (exact) mass is 554 g/mol. The van der Waals surface area contributed by atoms with Gasteiger partial charge in [0.1, 0.15) is 0 Å². The third-order valence-electron chi connectivity index (χ3n) is 8.12. The highest BCUT2D eigenvalue weighted by Crippen LogP contribution is 2.56. The topological polar surface area (TPSA) is 74.6 Å². The molecule has 0 amide bonds. The van der Waals surface area contributed by atoms with E-state index < -0.39 is 34.7 Å². The number of rotatable bonds is 6. The number of hydrogen-bond donors (Lipinski definition) is 3. The van der Waals surface area contributed by atoms with Crippen molar-refractivity contribution in [3.05, 3.63) is 161 Å². The molecule has 0 saturated heterocycles. The number of aliphatic carboxylic acids is 2. The van der Waals surface area contributed by atoms with E-state index in [2.05, 4.69) is 78.9 Å². The Labute approximate surface area is 240 Å². The molecule has 5 aromatic carbocycles. The molecule has 3 aliphatic rings. The molecule has 2 bridgehead atoms. The van der Waals surface area contributed by atoms with Crippen molar-refractivity contribution in [2.24, 2.45) is 0 Å². The highest BCUT2D eigenvalue weighted by molar-refractivity contribution is 8.17. The molecule has 41 heavy (non-hydrogen) atoms. The van der Waals surface area contributed by atoms with Crippen molar-refractivity contribution < 1.29 is 19.8 Å². The predicted molar refractivity (Wildman–Crippen MR) is 161 cm³/mol. The van der Waals surface area contributed by atoms with Crippen LogP contribution in [0.5, 0.6) is 0 Å². The lowest BCUT2D eigenvalue weighted by atomic mass is 9.60. The SMILES string of the molecule is O=C(O)C1=C(C(=O)O)C2c3ccccc3C1c1ccc(-c3cccc([SH](c4ccccc4)c4ccccc4)c3)cc12. The van der Waals surface area contributed by atoms with Crippen molar-refractivity contribution in [2.75, 3.05) is 0 Å². The van der Waals surface area contributed by atoms with Crippen molar-refractivity contribution in [2.45, 2.75) is 26.5 Å². The Morgan fingerprint density at radius 3 is 1.49 bits per heavy atom. The van der Waals surface area contributed by atoms with E-state index in [-0.39, 0.29) is 11.1 Å². The van der Waals surface area contributed by atoms with Gasteiger partial charge in [0.15, 0.2) is 0 Å². The molecule has 0 heterocycles. The van der Waals surface area contributed by atoms with Gasteiger partial charge in [0, 0.05) is 11.8 Å². The van der Waals surface area contributed by atoms with Crippen LogP contribution in [-0.2, 0) is 9.59 Å². The first kappa shape index (κ1) is 25.1. The van der Waals surface area contributed by atoms with Gasteiger partial charge < -0.3 is 10.2 Å². The van der Waals surface area contributed by atoms with E-state index >= 15 is 0 Å². The maximum atomic E-state index is 12.5. The standard InChI is InChI=1S/C36H26O4S/c37-35(38)33-31-27-16-7-8-17-28(27)32(34(33)36(39)40)30-21-23(18-19-29(30)31)22-10-9-15-26(20-22)41(24-11-3-1-4-12-24)25-13-5-2-6-14-25/h1-21,31-32,41H,(H,37,38)(H,39,40). The molecule has 0 spiro atoms. The van der Waals surface area contributed by atoms with Crippen LogP contribution in [0.3, 0.4) is 0 Å². The van der Waals surface area contributed by atoms with Crippen LogP contribution in [0.25, 0.3) is 11.1 Å². The van der Waals surface area contributed by atoms with Gasteiger partial charge in [0.25, 0.3) is 0 Å². The highest BCUT2D eigenvalue weighted by atomic mass is 32.2. The summed E-state index contributed by atoms with van der Waals surface area (Å²) < 4.78 is 0. The first-order valence-electron chi connectivity index (χ1n) is 13.5. The Morgan fingerprint density at radius 2 is 0.927 bits per heavy atom. The van der Waals surface area contributed by atoms with Gasteiger partial charge in [0.2, 0.25) is 0 Å². The van der Waals surface area contributed by atoms with E-state index in [0.717, 1.165) is 33.4 Å². The average molecular weight is 555 g/mol. The van der Waals surface area contributed by atoms with E-state index in [1.54, 1.807) is 0 Å². The fourth-order valence-corrected chi connectivity index (χ4v) is 8.81. The van der Waals surface area contributed by atoms with Gasteiger partial charge >= 0.3 is 11.9 Å². The van der Waals surface area contributed by atoms with Crippen molar-refractivity contribution in [3.63, 3.8) is 0 Å². The molecule has 0 radical (unpaired) electrons. The lowest BCUT2D eigenvalue weighted by Gasteiger charge is -2.41. The third kappa shape index (κ3) is 4.09. The minimum atomic E-state index is -1.18. The zero-order valence-electron chi connectivity index (χ0n) is 21.9. The van der Waals surface area contributed by atoms with Gasteiger partial charge in [-0.05, 0) is 90.5 Å². The minimum Gasteiger partial charge on any atom is -0.478 e. The second kappa shape index (κ2) is 9.95. The van der Waals surface area contributed by atoms with Crippen LogP contribution in [0.4, 0.5) is 0 Å². The third-order valence-corrected chi connectivity index (χ3v) is 10.5. The van der Waals surface area contributed by atoms with Gasteiger partial charge in [-0.15, -0.1) is 0 Å². The molecule has 2 unspecified atom stereocenters. The van der Waals surface area contributed by atoms with Gasteiger partial charge in [-0.2, -0.15) is 10.9 Å². The zero-order chi connectivity index (χ0) is 28.1. The summed E-state index contributed by atoms with van der Waals surface area (Å²) >= 11 is 0. The molecule has 2 atom stereocenters. The molecule has 4 nitrogen and oxygen atoms in total. The van der Waals surface area contributed by atoms with Crippen LogP contribution in [0.1, 0.15) is 34.1 Å². The van der Waals surface area contributed by atoms with Crippen molar-refractivity contribution in [1.82, 2.24) is 0 Å². The van der Waals surface area contributed by atoms with Crippen LogP contribution in [0.2, 0.25) is 0 Å². The van der Waals surface area contributed by atoms with E-state index in [9.17, 15) is 19.8 Å². The molecule has 0 saturated carbocycles. The van der Waals surface area contributed by atoms with Gasteiger partial charge in [-0.25, -0.2) is 9.59 Å². The molecule has 5 heteroatoms. The van der Waals surface area contributed by atoms with Crippen LogP contribution < -0.4 is 0 Å². The summed E-state index contributed by atoms with van der Waals surface area (Å²) in [6, 6.07) is 43.4. The molecule has 3 aliphatic carbocycles. The quantitative estimate of drug-likeness (QED) is 0.187. The Morgan fingerprint density at radius 1 is 0.463 bits per heavy atom. The predicted octanol–water partition coefficient (Wildman–Crippen LogP) is 7.89. The molecule has 0 aliphatic heterocycles. The normalized spacial score (nSPS) is 17.0. The molecule has 200 valence electrons. The van der Waals surface area contributed by atoms with E-state index in [1.165, 1.54) is 14.7 Å². The molecule has 0 fully saturated rings. The van der Waals surface area contributed by atoms with Gasteiger partial charge in [-0.3, -0.25) is 0 Å². The summed E-state index contributed by atoms with van der Waals surface area (Å²) in [4.78, 5) is 28.6. The van der Waals surface area contributed by atoms with Crippen molar-refractivity contribution >= 4 is 22.8 Å². The summed E-state index contributed by atoms with van der Waals surface area (Å²) in [6.07, 6.45) is 0. The largest absolute Gasteiger partial charge is 0.478 e.